The molecule has 2 N–H and O–H groups in total. The van der Waals surface area contributed by atoms with Crippen molar-refractivity contribution in [1.82, 2.24) is 14.9 Å². The summed E-state index contributed by atoms with van der Waals surface area (Å²) in [5, 5.41) is 0. The van der Waals surface area contributed by atoms with Gasteiger partial charge in [0, 0.05) is 25.1 Å². The summed E-state index contributed by atoms with van der Waals surface area (Å²) in [6, 6.07) is 8.74. The summed E-state index contributed by atoms with van der Waals surface area (Å²) in [6.07, 6.45) is -2.46. The van der Waals surface area contributed by atoms with E-state index in [0.29, 0.717) is 39.3 Å². The fourth-order valence-corrected chi connectivity index (χ4v) is 6.30. The smallest absolute Gasteiger partial charge is 0.341 e. The van der Waals surface area contributed by atoms with Crippen molar-refractivity contribution in [2.75, 3.05) is 32.5 Å². The van der Waals surface area contributed by atoms with Crippen LogP contribution in [0.15, 0.2) is 35.2 Å². The Labute approximate surface area is 251 Å². The van der Waals surface area contributed by atoms with Gasteiger partial charge in [-0.1, -0.05) is 29.8 Å². The van der Waals surface area contributed by atoms with E-state index in [9.17, 15) is 22.0 Å². The van der Waals surface area contributed by atoms with Crippen molar-refractivity contribution < 1.29 is 35.6 Å². The molecule has 0 fully saturated rings. The van der Waals surface area contributed by atoms with Gasteiger partial charge < -0.3 is 19.4 Å². The predicted octanol–water partition coefficient (Wildman–Crippen LogP) is 4.68. The number of nitrogens with zero attached hydrogens (tertiary/aromatic N) is 3. The summed E-state index contributed by atoms with van der Waals surface area (Å²) in [6.45, 7) is 8.57. The average molecular weight is 621 g/mol. The van der Waals surface area contributed by atoms with Crippen molar-refractivity contribution in [2.45, 2.75) is 65.3 Å². The van der Waals surface area contributed by atoms with Crippen LogP contribution in [-0.2, 0) is 32.6 Å². The maximum Gasteiger partial charge on any atom is 0.341 e. The highest BCUT2D eigenvalue weighted by Crippen LogP contribution is 2.32. The highest BCUT2D eigenvalue weighted by Gasteiger charge is 2.26. The van der Waals surface area contributed by atoms with Crippen LogP contribution in [-0.4, -0.2) is 62.5 Å². The lowest BCUT2D eigenvalue weighted by molar-refractivity contribution is -0.143. The van der Waals surface area contributed by atoms with E-state index in [0.717, 1.165) is 5.56 Å². The second-order valence-electron chi connectivity index (χ2n) is 10.2. The number of nitrogens with two attached hydrogens (primary N) is 1. The van der Waals surface area contributed by atoms with Gasteiger partial charge in [0.25, 0.3) is 6.43 Å². The molecule has 0 atom stereocenters. The maximum absolute atomic E-state index is 13.4. The molecule has 0 saturated heterocycles. The van der Waals surface area contributed by atoms with Gasteiger partial charge in [0.1, 0.15) is 10.6 Å². The number of rotatable bonds is 14. The Morgan fingerprint density at radius 2 is 1.74 bits per heavy atom. The molecule has 0 spiro atoms. The van der Waals surface area contributed by atoms with Crippen molar-refractivity contribution >= 4 is 22.0 Å². The molecule has 3 rings (SSSR count). The van der Waals surface area contributed by atoms with Crippen LogP contribution in [0, 0.1) is 27.7 Å². The lowest BCUT2D eigenvalue weighted by atomic mass is 10.0. The van der Waals surface area contributed by atoms with E-state index < -0.39 is 29.1 Å². The van der Waals surface area contributed by atoms with Gasteiger partial charge in [-0.3, -0.25) is 9.69 Å². The molecular formula is C30H38F2N4O6S. The molecule has 0 aliphatic heterocycles. The number of aromatic nitrogens is 2. The summed E-state index contributed by atoms with van der Waals surface area (Å²) in [5.74, 6) is -0.357. The Morgan fingerprint density at radius 3 is 2.35 bits per heavy atom. The number of halogens is 2. The van der Waals surface area contributed by atoms with Crippen LogP contribution in [0.4, 0.5) is 14.7 Å². The number of benzene rings is 2. The standard InChI is InChI=1S/C30H38F2N4O6S/c1-7-41-27(37)10-11-36(17-26(31)32)16-22-8-9-23(25(14-22)40-6)15-24-21(5)34-30(33)35-29(24)42-43(38,39)28-19(3)12-18(2)13-20(28)4/h8-9,12-14,26H,7,10-11,15-17H2,1-6H3,(H2,33,34,35). The Kier molecular flexibility index (Phi) is 11.4. The largest absolute Gasteiger partial charge is 0.496 e. The number of hydrogen-bond donors (Lipinski definition) is 1. The van der Waals surface area contributed by atoms with Crippen LogP contribution in [0.3, 0.4) is 0 Å². The van der Waals surface area contributed by atoms with Crippen LogP contribution in [0.2, 0.25) is 0 Å². The van der Waals surface area contributed by atoms with Crippen LogP contribution in [0.25, 0.3) is 0 Å². The number of anilines is 1. The second-order valence-corrected chi connectivity index (χ2v) is 11.7. The number of carbonyl (C=O) groups excluding carboxylic acids is 1. The molecule has 0 radical (unpaired) electrons. The van der Waals surface area contributed by atoms with E-state index >= 15 is 0 Å². The number of aryl methyl sites for hydroxylation is 4. The fraction of sp³-hybridized carbons (Fsp3) is 0.433. The van der Waals surface area contributed by atoms with Crippen LogP contribution < -0.4 is 14.7 Å². The van der Waals surface area contributed by atoms with Gasteiger partial charge in [0.05, 0.1) is 32.4 Å². The van der Waals surface area contributed by atoms with Gasteiger partial charge in [-0.05, 0) is 62.9 Å². The lowest BCUT2D eigenvalue weighted by Crippen LogP contribution is -2.31. The summed E-state index contributed by atoms with van der Waals surface area (Å²) in [4.78, 5) is 21.6. The first-order valence-corrected chi connectivity index (χ1v) is 15.1. The Morgan fingerprint density at radius 1 is 1.07 bits per heavy atom. The van der Waals surface area contributed by atoms with Crippen LogP contribution in [0.1, 0.15) is 52.4 Å². The number of ether oxygens (including phenoxy) is 2. The van der Waals surface area contributed by atoms with E-state index in [-0.39, 0.29) is 49.3 Å². The van der Waals surface area contributed by atoms with Crippen molar-refractivity contribution in [3.63, 3.8) is 0 Å². The molecule has 3 aromatic rings. The summed E-state index contributed by atoms with van der Waals surface area (Å²) in [5.41, 5.74) is 10.0. The average Bonchev–Trinajstić information content (AvgIpc) is 2.88. The van der Waals surface area contributed by atoms with Crippen molar-refractivity contribution in [3.8, 4) is 11.6 Å². The van der Waals surface area contributed by atoms with Crippen molar-refractivity contribution in [1.29, 1.82) is 0 Å². The molecule has 13 heteroatoms. The molecule has 10 nitrogen and oxygen atoms in total. The van der Waals surface area contributed by atoms with Crippen molar-refractivity contribution in [2.24, 2.45) is 0 Å². The first-order valence-electron chi connectivity index (χ1n) is 13.7. The van der Waals surface area contributed by atoms with Gasteiger partial charge >= 0.3 is 16.1 Å². The first-order chi connectivity index (χ1) is 20.2. The van der Waals surface area contributed by atoms with E-state index in [1.807, 2.05) is 6.92 Å². The topological polar surface area (TPSA) is 134 Å². The van der Waals surface area contributed by atoms with E-state index in [1.165, 1.54) is 12.0 Å². The second kappa shape index (κ2) is 14.6. The number of hydrogen-bond acceptors (Lipinski definition) is 10. The highest BCUT2D eigenvalue weighted by atomic mass is 32.2. The van der Waals surface area contributed by atoms with E-state index in [2.05, 4.69) is 9.97 Å². The fourth-order valence-electron chi connectivity index (χ4n) is 4.96. The third kappa shape index (κ3) is 9.07. The number of nitrogen functional groups attached to an aromatic ring is 1. The van der Waals surface area contributed by atoms with Gasteiger partial charge in [-0.2, -0.15) is 13.4 Å². The molecule has 1 heterocycles. The first kappa shape index (κ1) is 33.7. The lowest BCUT2D eigenvalue weighted by Gasteiger charge is -2.22. The quantitative estimate of drug-likeness (QED) is 0.200. The summed E-state index contributed by atoms with van der Waals surface area (Å²) < 4.78 is 69.4. The Balaban J connectivity index is 1.91. The molecule has 43 heavy (non-hydrogen) atoms. The number of methoxy groups -OCH3 is 1. The number of esters is 1. The SMILES string of the molecule is CCOC(=O)CCN(Cc1ccc(Cc2c(C)nc(N)nc2OS(=O)(=O)c2c(C)cc(C)cc2C)c(OC)c1)CC(F)F. The van der Waals surface area contributed by atoms with Gasteiger partial charge in [-0.15, -0.1) is 0 Å². The monoisotopic (exact) mass is 620 g/mol. The predicted molar refractivity (Wildman–Crippen MR) is 158 cm³/mol. The van der Waals surface area contributed by atoms with Crippen molar-refractivity contribution in [3.05, 3.63) is 69.4 Å². The minimum Gasteiger partial charge on any atom is -0.496 e. The highest BCUT2D eigenvalue weighted by molar-refractivity contribution is 7.87. The molecule has 0 saturated carbocycles. The zero-order valence-electron chi connectivity index (χ0n) is 25.2. The minimum atomic E-state index is -4.28. The molecule has 1 aromatic heterocycles. The van der Waals surface area contributed by atoms with Crippen LogP contribution in [0.5, 0.6) is 11.6 Å². The van der Waals surface area contributed by atoms with Crippen LogP contribution >= 0.6 is 0 Å². The number of alkyl halides is 2. The zero-order valence-corrected chi connectivity index (χ0v) is 26.1. The molecule has 0 aliphatic rings. The molecular weight excluding hydrogens is 582 g/mol. The number of carbonyl (C=O) groups is 1. The van der Waals surface area contributed by atoms with Gasteiger partial charge in [0.15, 0.2) is 0 Å². The maximum atomic E-state index is 13.4. The minimum absolute atomic E-state index is 0.0144. The summed E-state index contributed by atoms with van der Waals surface area (Å²) >= 11 is 0. The van der Waals surface area contributed by atoms with Gasteiger partial charge in [0.2, 0.25) is 11.8 Å². The molecule has 0 amide bonds. The van der Waals surface area contributed by atoms with Gasteiger partial charge in [-0.25, -0.2) is 13.8 Å². The summed E-state index contributed by atoms with van der Waals surface area (Å²) in [7, 11) is -2.81. The third-order valence-electron chi connectivity index (χ3n) is 6.70. The molecule has 234 valence electrons. The normalized spacial score (nSPS) is 11.7. The molecule has 2 aromatic carbocycles. The Hall–Kier alpha value is -3.84. The third-order valence-corrected chi connectivity index (χ3v) is 8.22. The Bertz CT molecular complexity index is 1540. The molecule has 0 unspecified atom stereocenters. The zero-order chi connectivity index (χ0) is 31.9. The van der Waals surface area contributed by atoms with E-state index in [1.54, 1.807) is 58.0 Å². The molecule has 0 aliphatic carbocycles. The molecule has 0 bridgehead atoms. The van der Waals surface area contributed by atoms with E-state index in [4.69, 9.17) is 19.4 Å².